The predicted octanol–water partition coefficient (Wildman–Crippen LogP) is 12.0. The van der Waals surface area contributed by atoms with Gasteiger partial charge in [0.2, 0.25) is 5.91 Å². The summed E-state index contributed by atoms with van der Waals surface area (Å²) in [5.41, 5.74) is 0. The fraction of sp³-hybridized carbons (Fsp3) is 0.951. The van der Waals surface area contributed by atoms with Gasteiger partial charge in [0.25, 0.3) is 0 Å². The summed E-state index contributed by atoms with van der Waals surface area (Å²) in [6, 6.07) is -0.177. The van der Waals surface area contributed by atoms with Crippen molar-refractivity contribution in [3.05, 3.63) is 0 Å². The number of likely N-dealkylation sites (tertiary alicyclic amines) is 1. The molecule has 0 aromatic rings. The number of β-amino-alcohol motifs (C(OH)–C–C–N with tert-alkyl or cyclic N) is 1. The summed E-state index contributed by atoms with van der Waals surface area (Å²) in [7, 11) is 0. The van der Waals surface area contributed by atoms with Crippen LogP contribution in [-0.4, -0.2) is 47.2 Å². The highest BCUT2D eigenvalue weighted by Gasteiger charge is 2.34. The Morgan fingerprint density at radius 3 is 1.22 bits per heavy atom. The van der Waals surface area contributed by atoms with Gasteiger partial charge in [-0.3, -0.25) is 9.59 Å². The Morgan fingerprint density at radius 2 is 0.848 bits per heavy atom. The van der Waals surface area contributed by atoms with E-state index in [1.54, 1.807) is 4.90 Å². The number of amides is 1. The van der Waals surface area contributed by atoms with Crippen LogP contribution >= 0.6 is 0 Å². The quantitative estimate of drug-likeness (QED) is 0.0556. The molecule has 0 bridgehead atoms. The van der Waals surface area contributed by atoms with E-state index >= 15 is 0 Å². The molecule has 1 saturated heterocycles. The van der Waals surface area contributed by atoms with Crippen molar-refractivity contribution < 1.29 is 19.4 Å². The number of esters is 1. The van der Waals surface area contributed by atoms with Crippen LogP contribution in [0.2, 0.25) is 0 Å². The van der Waals surface area contributed by atoms with E-state index in [4.69, 9.17) is 4.74 Å². The minimum absolute atomic E-state index is 0.106. The molecular weight excluding hydrogens is 570 g/mol. The van der Waals surface area contributed by atoms with Crippen molar-refractivity contribution in [2.75, 3.05) is 13.2 Å². The molecule has 0 spiro atoms. The Balaban J connectivity index is 1.96. The SMILES string of the molecule is CCCCCCCCCCCCCCCCCC(=O)OC[C@@H]1C[C@@H](O)CN1C(=O)CCCCCCCCCCCCCCCCC. The number of aliphatic hydroxyl groups is 1. The average molecular weight is 650 g/mol. The number of carbonyl (C=O) groups excluding carboxylic acids is 2. The monoisotopic (exact) mass is 650 g/mol. The Hall–Kier alpha value is -1.10. The first-order chi connectivity index (χ1) is 22.6. The third-order valence-electron chi connectivity index (χ3n) is 10.1. The molecule has 0 unspecified atom stereocenters. The highest BCUT2D eigenvalue weighted by molar-refractivity contribution is 5.77. The number of carbonyl (C=O) groups is 2. The largest absolute Gasteiger partial charge is 0.463 e. The van der Waals surface area contributed by atoms with Crippen LogP contribution < -0.4 is 0 Å². The lowest BCUT2D eigenvalue weighted by molar-refractivity contribution is -0.147. The molecule has 1 aliphatic heterocycles. The number of hydrogen-bond donors (Lipinski definition) is 1. The maximum Gasteiger partial charge on any atom is 0.305 e. The van der Waals surface area contributed by atoms with Gasteiger partial charge in [-0.15, -0.1) is 0 Å². The smallest absolute Gasteiger partial charge is 0.305 e. The Labute approximate surface area is 286 Å². The normalized spacial score (nSPS) is 16.4. The highest BCUT2D eigenvalue weighted by atomic mass is 16.5. The van der Waals surface area contributed by atoms with Crippen molar-refractivity contribution in [3.63, 3.8) is 0 Å². The third kappa shape index (κ3) is 25.9. The predicted molar refractivity (Wildman–Crippen MR) is 196 cm³/mol. The molecule has 0 radical (unpaired) electrons. The third-order valence-corrected chi connectivity index (χ3v) is 10.1. The highest BCUT2D eigenvalue weighted by Crippen LogP contribution is 2.21. The standard InChI is InChI=1S/C41H79NO4/c1-3-5-7-9-11-13-15-17-19-21-23-25-27-29-31-33-40(44)42-36-39(43)35-38(42)37-46-41(45)34-32-30-28-26-24-22-20-18-16-14-12-10-8-6-4-2/h38-39,43H,3-37H2,1-2H3/t38-,39+/m0/s1. The van der Waals surface area contributed by atoms with Crippen LogP contribution in [-0.2, 0) is 14.3 Å². The molecule has 1 fully saturated rings. The summed E-state index contributed by atoms with van der Waals surface area (Å²) in [4.78, 5) is 27.0. The minimum atomic E-state index is -0.510. The number of nitrogens with zero attached hydrogens (tertiary/aromatic N) is 1. The first kappa shape index (κ1) is 42.9. The van der Waals surface area contributed by atoms with E-state index in [-0.39, 0.29) is 24.5 Å². The minimum Gasteiger partial charge on any atom is -0.463 e. The van der Waals surface area contributed by atoms with Crippen molar-refractivity contribution >= 4 is 11.9 Å². The van der Waals surface area contributed by atoms with Gasteiger partial charge in [0.15, 0.2) is 0 Å². The molecule has 5 nitrogen and oxygen atoms in total. The van der Waals surface area contributed by atoms with E-state index in [0.29, 0.717) is 25.8 Å². The van der Waals surface area contributed by atoms with E-state index in [0.717, 1.165) is 25.7 Å². The molecule has 1 amide bonds. The number of rotatable bonds is 34. The summed E-state index contributed by atoms with van der Waals surface area (Å²) >= 11 is 0. The van der Waals surface area contributed by atoms with Crippen LogP contribution in [0.3, 0.4) is 0 Å². The molecule has 5 heteroatoms. The lowest BCUT2D eigenvalue weighted by Gasteiger charge is -2.24. The summed E-state index contributed by atoms with van der Waals surface area (Å²) in [5, 5.41) is 10.2. The molecular formula is C41H79NO4. The van der Waals surface area contributed by atoms with E-state index in [2.05, 4.69) is 13.8 Å². The zero-order chi connectivity index (χ0) is 33.3. The molecule has 1 aliphatic rings. The summed E-state index contributed by atoms with van der Waals surface area (Å²) in [6.45, 7) is 5.15. The van der Waals surface area contributed by atoms with Crippen LogP contribution in [0.4, 0.5) is 0 Å². The van der Waals surface area contributed by atoms with Crippen molar-refractivity contribution in [3.8, 4) is 0 Å². The van der Waals surface area contributed by atoms with E-state index in [9.17, 15) is 14.7 Å². The second kappa shape index (κ2) is 32.4. The van der Waals surface area contributed by atoms with Crippen molar-refractivity contribution in [1.29, 1.82) is 0 Å². The molecule has 0 saturated carbocycles. The van der Waals surface area contributed by atoms with Crippen molar-refractivity contribution in [1.82, 2.24) is 4.90 Å². The van der Waals surface area contributed by atoms with Gasteiger partial charge in [-0.25, -0.2) is 0 Å². The molecule has 1 rings (SSSR count). The maximum atomic E-state index is 12.9. The average Bonchev–Trinajstić information content (AvgIpc) is 3.44. The zero-order valence-corrected chi connectivity index (χ0v) is 31.0. The van der Waals surface area contributed by atoms with Gasteiger partial charge in [-0.2, -0.15) is 0 Å². The molecule has 0 aliphatic carbocycles. The summed E-state index contributed by atoms with van der Waals surface area (Å²) in [5.74, 6) is -0.0550. The van der Waals surface area contributed by atoms with Gasteiger partial charge in [-0.05, 0) is 19.3 Å². The molecule has 0 aromatic carbocycles. The van der Waals surface area contributed by atoms with Crippen LogP contribution in [0.5, 0.6) is 0 Å². The van der Waals surface area contributed by atoms with E-state index < -0.39 is 6.10 Å². The molecule has 1 heterocycles. The van der Waals surface area contributed by atoms with Crippen LogP contribution in [0.15, 0.2) is 0 Å². The number of hydrogen-bond acceptors (Lipinski definition) is 4. The molecule has 272 valence electrons. The second-order valence-electron chi connectivity index (χ2n) is 14.7. The van der Waals surface area contributed by atoms with E-state index in [1.165, 1.54) is 167 Å². The van der Waals surface area contributed by atoms with Gasteiger partial charge < -0.3 is 14.7 Å². The van der Waals surface area contributed by atoms with Gasteiger partial charge in [0, 0.05) is 19.4 Å². The van der Waals surface area contributed by atoms with Crippen molar-refractivity contribution in [2.24, 2.45) is 0 Å². The van der Waals surface area contributed by atoms with Gasteiger partial charge >= 0.3 is 5.97 Å². The molecule has 46 heavy (non-hydrogen) atoms. The first-order valence-corrected chi connectivity index (χ1v) is 20.7. The second-order valence-corrected chi connectivity index (χ2v) is 14.7. The Morgan fingerprint density at radius 1 is 0.522 bits per heavy atom. The Kier molecular flexibility index (Phi) is 30.3. The molecule has 0 aromatic heterocycles. The fourth-order valence-corrected chi connectivity index (χ4v) is 7.05. The van der Waals surface area contributed by atoms with Crippen LogP contribution in [0, 0.1) is 0 Å². The van der Waals surface area contributed by atoms with Gasteiger partial charge in [-0.1, -0.05) is 194 Å². The first-order valence-electron chi connectivity index (χ1n) is 20.7. The number of aliphatic hydroxyl groups excluding tert-OH is 1. The number of unbranched alkanes of at least 4 members (excludes halogenated alkanes) is 28. The fourth-order valence-electron chi connectivity index (χ4n) is 7.05. The summed E-state index contributed by atoms with van der Waals surface area (Å²) in [6.07, 6.45) is 40.3. The summed E-state index contributed by atoms with van der Waals surface area (Å²) < 4.78 is 5.56. The maximum absolute atomic E-state index is 12.9. The van der Waals surface area contributed by atoms with Gasteiger partial charge in [0.1, 0.15) is 6.61 Å². The lowest BCUT2D eigenvalue weighted by atomic mass is 10.0. The van der Waals surface area contributed by atoms with Crippen LogP contribution in [0.25, 0.3) is 0 Å². The van der Waals surface area contributed by atoms with Crippen molar-refractivity contribution in [2.45, 2.75) is 238 Å². The molecule has 1 N–H and O–H groups in total. The Bertz CT molecular complexity index is 683. The van der Waals surface area contributed by atoms with E-state index in [1.807, 2.05) is 0 Å². The number of ether oxygens (including phenoxy) is 1. The van der Waals surface area contributed by atoms with Gasteiger partial charge in [0.05, 0.1) is 12.1 Å². The lowest BCUT2D eigenvalue weighted by Crippen LogP contribution is -2.38. The van der Waals surface area contributed by atoms with Crippen LogP contribution in [0.1, 0.15) is 226 Å². The molecule has 2 atom stereocenters. The zero-order valence-electron chi connectivity index (χ0n) is 31.0. The topological polar surface area (TPSA) is 66.8 Å².